The van der Waals surface area contributed by atoms with Crippen LogP contribution in [-0.4, -0.2) is 19.5 Å². The molecule has 0 heterocycles. The van der Waals surface area contributed by atoms with Crippen LogP contribution in [0.5, 0.6) is 11.5 Å². The average Bonchev–Trinajstić information content (AvgIpc) is 2.48. The monoisotopic (exact) mass is 274 g/mol. The summed E-state index contributed by atoms with van der Waals surface area (Å²) in [6.07, 6.45) is 0. The van der Waals surface area contributed by atoms with E-state index < -0.39 is 0 Å². The minimum Gasteiger partial charge on any atom is -0.497 e. The van der Waals surface area contributed by atoms with Gasteiger partial charge in [-0.3, -0.25) is 4.79 Å². The summed E-state index contributed by atoms with van der Waals surface area (Å²) in [7, 11) is 1.56. The number of carbonyl (C=O) groups excluding carboxylic acids is 1. The van der Waals surface area contributed by atoms with Gasteiger partial charge in [0.25, 0.3) is 0 Å². The van der Waals surface area contributed by atoms with E-state index in [0.29, 0.717) is 22.6 Å². The predicted molar refractivity (Wildman–Crippen MR) is 74.0 cm³/mol. The number of halogens is 1. The molecule has 0 aliphatic heterocycles. The summed E-state index contributed by atoms with van der Waals surface area (Å²) in [6.45, 7) is 1.54. The largest absolute Gasteiger partial charge is 0.497 e. The summed E-state index contributed by atoms with van der Waals surface area (Å²) in [4.78, 5) is 11.9. The molecule has 2 rings (SSSR count). The molecule has 0 aliphatic rings. The van der Waals surface area contributed by atoms with E-state index in [0.717, 1.165) is 0 Å². The first kappa shape index (κ1) is 14.1. The van der Waals surface area contributed by atoms with Crippen molar-refractivity contribution in [1.29, 1.82) is 0 Å². The molecule has 3 nitrogen and oxygen atoms in total. The van der Waals surface area contributed by atoms with Crippen molar-refractivity contribution in [3.63, 3.8) is 0 Å². The summed E-state index contributed by atoms with van der Waals surface area (Å²) >= 11 is 0. The molecule has 0 aliphatic carbocycles. The second-order valence-corrected chi connectivity index (χ2v) is 4.35. The van der Waals surface area contributed by atoms with Gasteiger partial charge in [-0.2, -0.15) is 0 Å². The zero-order valence-electron chi connectivity index (χ0n) is 11.4. The van der Waals surface area contributed by atoms with Crippen LogP contribution in [0, 0.1) is 12.7 Å². The van der Waals surface area contributed by atoms with Crippen LogP contribution in [0.2, 0.25) is 0 Å². The Morgan fingerprint density at radius 3 is 2.35 bits per heavy atom. The van der Waals surface area contributed by atoms with Gasteiger partial charge in [-0.05, 0) is 42.8 Å². The lowest BCUT2D eigenvalue weighted by molar-refractivity contribution is 0.0921. The van der Waals surface area contributed by atoms with Gasteiger partial charge in [0.2, 0.25) is 0 Å². The van der Waals surface area contributed by atoms with Gasteiger partial charge in [0.05, 0.1) is 7.11 Å². The van der Waals surface area contributed by atoms with Gasteiger partial charge in [-0.15, -0.1) is 0 Å². The molecule has 0 amide bonds. The van der Waals surface area contributed by atoms with Crippen molar-refractivity contribution < 1.29 is 18.7 Å². The Kier molecular flexibility index (Phi) is 4.35. The van der Waals surface area contributed by atoms with Crippen molar-refractivity contribution in [2.45, 2.75) is 6.92 Å². The maximum atomic E-state index is 13.3. The third-order valence-electron chi connectivity index (χ3n) is 2.93. The molecule has 0 fully saturated rings. The highest BCUT2D eigenvalue weighted by molar-refractivity contribution is 5.97. The number of carbonyl (C=O) groups is 1. The summed E-state index contributed by atoms with van der Waals surface area (Å²) in [5.74, 6) is 0.506. The summed E-state index contributed by atoms with van der Waals surface area (Å²) < 4.78 is 23.6. The Balaban J connectivity index is 1.98. The lowest BCUT2D eigenvalue weighted by atomic mass is 10.1. The molecule has 0 unspecified atom stereocenters. The second kappa shape index (κ2) is 6.19. The smallest absolute Gasteiger partial charge is 0.200 e. The van der Waals surface area contributed by atoms with Gasteiger partial charge in [-0.1, -0.05) is 6.07 Å². The molecule has 20 heavy (non-hydrogen) atoms. The number of ketones is 1. The maximum Gasteiger partial charge on any atom is 0.200 e. The fourth-order valence-electron chi connectivity index (χ4n) is 1.67. The number of hydrogen-bond acceptors (Lipinski definition) is 3. The SMILES string of the molecule is COc1ccc(C(=O)COc2ccc(C)c(F)c2)cc1. The molecular weight excluding hydrogens is 259 g/mol. The Labute approximate surface area is 117 Å². The molecule has 4 heteroatoms. The second-order valence-electron chi connectivity index (χ2n) is 4.35. The highest BCUT2D eigenvalue weighted by atomic mass is 19.1. The van der Waals surface area contributed by atoms with Crippen LogP contribution in [0.1, 0.15) is 15.9 Å². The van der Waals surface area contributed by atoms with Gasteiger partial charge in [0.15, 0.2) is 12.4 Å². The van der Waals surface area contributed by atoms with Crippen LogP contribution < -0.4 is 9.47 Å². The molecular formula is C16H15FO3. The zero-order chi connectivity index (χ0) is 14.5. The number of methoxy groups -OCH3 is 1. The van der Waals surface area contributed by atoms with Crippen molar-refractivity contribution >= 4 is 5.78 Å². The third kappa shape index (κ3) is 3.35. The molecule has 104 valence electrons. The van der Waals surface area contributed by atoms with Crippen LogP contribution >= 0.6 is 0 Å². The Morgan fingerprint density at radius 2 is 1.75 bits per heavy atom. The van der Waals surface area contributed by atoms with Crippen LogP contribution in [0.25, 0.3) is 0 Å². The molecule has 0 N–H and O–H groups in total. The first-order chi connectivity index (χ1) is 9.60. The Hall–Kier alpha value is -2.36. The van der Waals surface area contributed by atoms with E-state index in [-0.39, 0.29) is 18.2 Å². The van der Waals surface area contributed by atoms with E-state index in [1.54, 1.807) is 50.4 Å². The number of benzene rings is 2. The number of rotatable bonds is 5. The van der Waals surface area contributed by atoms with Gasteiger partial charge in [0.1, 0.15) is 17.3 Å². The Bertz CT molecular complexity index is 606. The molecule has 0 bridgehead atoms. The van der Waals surface area contributed by atoms with Crippen LogP contribution in [-0.2, 0) is 0 Å². The van der Waals surface area contributed by atoms with Crippen molar-refractivity contribution in [3.05, 3.63) is 59.4 Å². The average molecular weight is 274 g/mol. The molecule has 0 atom stereocenters. The first-order valence-corrected chi connectivity index (χ1v) is 6.16. The van der Waals surface area contributed by atoms with Gasteiger partial charge in [-0.25, -0.2) is 4.39 Å². The van der Waals surface area contributed by atoms with Gasteiger partial charge >= 0.3 is 0 Å². The van der Waals surface area contributed by atoms with Gasteiger partial charge < -0.3 is 9.47 Å². The van der Waals surface area contributed by atoms with Crippen molar-refractivity contribution in [2.24, 2.45) is 0 Å². The lowest BCUT2D eigenvalue weighted by Gasteiger charge is -2.07. The molecule has 0 spiro atoms. The van der Waals surface area contributed by atoms with E-state index >= 15 is 0 Å². The van der Waals surface area contributed by atoms with Crippen molar-refractivity contribution in [2.75, 3.05) is 13.7 Å². The van der Waals surface area contributed by atoms with Crippen molar-refractivity contribution in [1.82, 2.24) is 0 Å². The molecule has 2 aromatic rings. The van der Waals surface area contributed by atoms with E-state index in [1.807, 2.05) is 0 Å². The molecule has 0 radical (unpaired) electrons. The number of ether oxygens (including phenoxy) is 2. The van der Waals surface area contributed by atoms with E-state index in [4.69, 9.17) is 9.47 Å². The first-order valence-electron chi connectivity index (χ1n) is 6.16. The number of aryl methyl sites for hydroxylation is 1. The highest BCUT2D eigenvalue weighted by Gasteiger charge is 2.08. The number of hydrogen-bond donors (Lipinski definition) is 0. The summed E-state index contributed by atoms with van der Waals surface area (Å²) in [5.41, 5.74) is 1.07. The normalized spacial score (nSPS) is 10.2. The summed E-state index contributed by atoms with van der Waals surface area (Å²) in [6, 6.07) is 11.3. The van der Waals surface area contributed by atoms with Crippen LogP contribution in [0.3, 0.4) is 0 Å². The van der Waals surface area contributed by atoms with Crippen LogP contribution in [0.4, 0.5) is 4.39 Å². The maximum absolute atomic E-state index is 13.3. The molecule has 0 saturated carbocycles. The van der Waals surface area contributed by atoms with E-state index in [2.05, 4.69) is 0 Å². The minimum atomic E-state index is -0.348. The fourth-order valence-corrected chi connectivity index (χ4v) is 1.67. The number of Topliss-reactive ketones (excluding diaryl/α,β-unsaturated/α-hetero) is 1. The highest BCUT2D eigenvalue weighted by Crippen LogP contribution is 2.17. The quantitative estimate of drug-likeness (QED) is 0.784. The molecule has 0 aromatic heterocycles. The standard InChI is InChI=1S/C16H15FO3/c1-11-3-6-14(9-15(11)17)20-10-16(18)12-4-7-13(19-2)8-5-12/h3-9H,10H2,1-2H3. The molecule has 0 saturated heterocycles. The van der Waals surface area contributed by atoms with Gasteiger partial charge in [0, 0.05) is 11.6 Å². The van der Waals surface area contributed by atoms with E-state index in [9.17, 15) is 9.18 Å². The van der Waals surface area contributed by atoms with Crippen molar-refractivity contribution in [3.8, 4) is 11.5 Å². The topological polar surface area (TPSA) is 35.5 Å². The van der Waals surface area contributed by atoms with Crippen LogP contribution in [0.15, 0.2) is 42.5 Å². The Morgan fingerprint density at radius 1 is 1.10 bits per heavy atom. The lowest BCUT2D eigenvalue weighted by Crippen LogP contribution is -2.11. The summed E-state index contributed by atoms with van der Waals surface area (Å²) in [5, 5.41) is 0. The molecule has 2 aromatic carbocycles. The third-order valence-corrected chi connectivity index (χ3v) is 2.93. The fraction of sp³-hybridized carbons (Fsp3) is 0.188. The minimum absolute atomic E-state index is 0.130. The zero-order valence-corrected chi connectivity index (χ0v) is 11.4. The predicted octanol–water partition coefficient (Wildman–Crippen LogP) is 3.40. The van der Waals surface area contributed by atoms with E-state index in [1.165, 1.54) is 6.07 Å².